The minimum Gasteiger partial charge on any atom is -0.485 e. The molecule has 29 heavy (non-hydrogen) atoms. The van der Waals surface area contributed by atoms with Crippen molar-refractivity contribution in [3.63, 3.8) is 0 Å². The maximum Gasteiger partial charge on any atom is 0.488 e. The molecule has 3 nitrogen and oxygen atoms in total. The Morgan fingerprint density at radius 3 is 2.45 bits per heavy atom. The van der Waals surface area contributed by atoms with E-state index < -0.39 is 7.12 Å². The van der Waals surface area contributed by atoms with Gasteiger partial charge in [-0.2, -0.15) is 0 Å². The molecule has 4 heteroatoms. The van der Waals surface area contributed by atoms with E-state index in [2.05, 4.69) is 66.8 Å². The van der Waals surface area contributed by atoms with Gasteiger partial charge in [0.25, 0.3) is 0 Å². The summed E-state index contributed by atoms with van der Waals surface area (Å²) < 4.78 is 6.39. The smallest absolute Gasteiger partial charge is 0.485 e. The first-order valence-corrected chi connectivity index (χ1v) is 10.1. The van der Waals surface area contributed by atoms with Crippen molar-refractivity contribution in [2.24, 2.45) is 11.8 Å². The molecule has 2 aromatic carbocycles. The lowest BCUT2D eigenvalue weighted by atomic mass is 9.54. The minimum atomic E-state index is -1.52. The van der Waals surface area contributed by atoms with Gasteiger partial charge in [-0.1, -0.05) is 85.0 Å². The summed E-state index contributed by atoms with van der Waals surface area (Å²) in [6.07, 6.45) is 18.1. The fourth-order valence-corrected chi connectivity index (χ4v) is 5.21. The Kier molecular flexibility index (Phi) is 4.54. The molecule has 4 unspecified atom stereocenters. The van der Waals surface area contributed by atoms with Gasteiger partial charge in [0.15, 0.2) is 0 Å². The van der Waals surface area contributed by atoms with Gasteiger partial charge in [-0.3, -0.25) is 0 Å². The second-order valence-electron chi connectivity index (χ2n) is 7.90. The Hall–Kier alpha value is -2.82. The topological polar surface area (TPSA) is 49.7 Å². The van der Waals surface area contributed by atoms with E-state index in [0.717, 1.165) is 17.7 Å². The summed E-state index contributed by atoms with van der Waals surface area (Å²) in [4.78, 5) is 0. The van der Waals surface area contributed by atoms with E-state index in [1.165, 1.54) is 5.56 Å². The molecule has 0 spiro atoms. The highest BCUT2D eigenvalue weighted by molar-refractivity contribution is 6.58. The predicted octanol–water partition coefficient (Wildman–Crippen LogP) is 3.29. The van der Waals surface area contributed by atoms with E-state index in [0.29, 0.717) is 5.46 Å². The molecule has 0 saturated heterocycles. The summed E-state index contributed by atoms with van der Waals surface area (Å²) in [5, 5.41) is 19.7. The maximum absolute atomic E-state index is 9.87. The molecule has 0 bridgehead atoms. The lowest BCUT2D eigenvalue weighted by Crippen LogP contribution is -2.52. The van der Waals surface area contributed by atoms with Crippen molar-refractivity contribution in [2.45, 2.75) is 17.9 Å². The zero-order valence-corrected chi connectivity index (χ0v) is 16.1. The van der Waals surface area contributed by atoms with E-state index >= 15 is 0 Å². The van der Waals surface area contributed by atoms with E-state index in [4.69, 9.17) is 4.74 Å². The van der Waals surface area contributed by atoms with E-state index in [9.17, 15) is 10.0 Å². The Morgan fingerprint density at radius 1 is 0.897 bits per heavy atom. The SMILES string of the molecule is OB(O)c1ccc2c(c1)C(c1ccccc1)(C1C=CC=CC1)C1C=CC=CC1O2. The highest BCUT2D eigenvalue weighted by atomic mass is 16.5. The van der Waals surface area contributed by atoms with Crippen LogP contribution in [0.5, 0.6) is 5.75 Å². The molecular formula is C25H23BO3. The van der Waals surface area contributed by atoms with Crippen LogP contribution in [0.4, 0.5) is 0 Å². The molecule has 0 aromatic heterocycles. The molecule has 2 aromatic rings. The number of hydrogen-bond acceptors (Lipinski definition) is 3. The molecule has 4 atom stereocenters. The molecule has 144 valence electrons. The van der Waals surface area contributed by atoms with Crippen LogP contribution in [0.15, 0.2) is 97.1 Å². The van der Waals surface area contributed by atoms with Gasteiger partial charge in [0.05, 0.1) is 0 Å². The Bertz CT molecular complexity index is 1020. The number of benzene rings is 2. The molecule has 5 rings (SSSR count). The molecule has 0 fully saturated rings. The van der Waals surface area contributed by atoms with Gasteiger partial charge >= 0.3 is 7.12 Å². The third-order valence-electron chi connectivity index (χ3n) is 6.44. The third-order valence-corrected chi connectivity index (χ3v) is 6.44. The Labute approximate surface area is 171 Å². The van der Waals surface area contributed by atoms with Gasteiger partial charge in [0.2, 0.25) is 0 Å². The van der Waals surface area contributed by atoms with Crippen LogP contribution >= 0.6 is 0 Å². The van der Waals surface area contributed by atoms with Gasteiger partial charge in [-0.05, 0) is 35.5 Å². The normalized spacial score (nSPS) is 29.1. The van der Waals surface area contributed by atoms with Crippen LogP contribution in [0.25, 0.3) is 0 Å². The number of ether oxygens (including phenoxy) is 1. The van der Waals surface area contributed by atoms with Gasteiger partial charge < -0.3 is 14.8 Å². The first kappa shape index (κ1) is 18.2. The van der Waals surface area contributed by atoms with Crippen LogP contribution in [0.2, 0.25) is 0 Å². The Morgan fingerprint density at radius 2 is 1.69 bits per heavy atom. The molecule has 0 radical (unpaired) electrons. The standard InChI is InChI=1S/C25H23BO3/c27-26(28)20-15-16-24-22(17-20)25(18-9-3-1-4-10-18,19-11-5-2-6-12-19)21-13-7-8-14-23(21)29-24/h1-11,13-17,19,21,23,27-28H,12H2. The monoisotopic (exact) mass is 382 g/mol. The number of allylic oxidation sites excluding steroid dienone is 6. The Balaban J connectivity index is 1.84. The largest absolute Gasteiger partial charge is 0.488 e. The van der Waals surface area contributed by atoms with E-state index in [-0.39, 0.29) is 23.4 Å². The second-order valence-corrected chi connectivity index (χ2v) is 7.90. The molecular weight excluding hydrogens is 359 g/mol. The summed E-state index contributed by atoms with van der Waals surface area (Å²) in [5.41, 5.74) is 2.33. The molecule has 0 saturated carbocycles. The highest BCUT2D eigenvalue weighted by Gasteiger charge is 2.53. The minimum absolute atomic E-state index is 0.0723. The highest BCUT2D eigenvalue weighted by Crippen LogP contribution is 2.56. The summed E-state index contributed by atoms with van der Waals surface area (Å²) in [6, 6.07) is 16.1. The molecule has 2 aliphatic carbocycles. The quantitative estimate of drug-likeness (QED) is 0.802. The lowest BCUT2D eigenvalue weighted by Gasteiger charge is -2.52. The molecule has 3 aliphatic rings. The van der Waals surface area contributed by atoms with Gasteiger partial charge in [-0.25, -0.2) is 0 Å². The van der Waals surface area contributed by atoms with Crippen LogP contribution in [0, 0.1) is 11.8 Å². The van der Waals surface area contributed by atoms with E-state index in [1.54, 1.807) is 6.07 Å². The molecule has 2 N–H and O–H groups in total. The fourth-order valence-electron chi connectivity index (χ4n) is 5.21. The van der Waals surface area contributed by atoms with Crippen molar-refractivity contribution in [1.82, 2.24) is 0 Å². The van der Waals surface area contributed by atoms with Crippen LogP contribution in [0.1, 0.15) is 17.5 Å². The van der Waals surface area contributed by atoms with Gasteiger partial charge in [-0.15, -0.1) is 0 Å². The predicted molar refractivity (Wildman–Crippen MR) is 116 cm³/mol. The van der Waals surface area contributed by atoms with Crippen LogP contribution < -0.4 is 10.2 Å². The lowest BCUT2D eigenvalue weighted by molar-refractivity contribution is 0.102. The van der Waals surface area contributed by atoms with Crippen molar-refractivity contribution >= 4 is 12.6 Å². The molecule has 1 aliphatic heterocycles. The third kappa shape index (κ3) is 2.83. The van der Waals surface area contributed by atoms with Gasteiger partial charge in [0, 0.05) is 16.9 Å². The molecule has 0 amide bonds. The van der Waals surface area contributed by atoms with Crippen molar-refractivity contribution in [3.8, 4) is 5.75 Å². The van der Waals surface area contributed by atoms with Crippen LogP contribution in [-0.4, -0.2) is 23.3 Å². The maximum atomic E-state index is 9.87. The number of rotatable bonds is 3. The average Bonchev–Trinajstić information content (AvgIpc) is 2.78. The van der Waals surface area contributed by atoms with E-state index in [1.807, 2.05) is 24.3 Å². The van der Waals surface area contributed by atoms with Crippen molar-refractivity contribution < 1.29 is 14.8 Å². The first-order chi connectivity index (χ1) is 14.2. The summed E-state index contributed by atoms with van der Waals surface area (Å²) in [6.45, 7) is 0. The zero-order valence-electron chi connectivity index (χ0n) is 16.1. The molecule has 1 heterocycles. The number of fused-ring (bicyclic) bond motifs is 2. The average molecular weight is 382 g/mol. The van der Waals surface area contributed by atoms with Crippen LogP contribution in [0.3, 0.4) is 0 Å². The van der Waals surface area contributed by atoms with Crippen LogP contribution in [-0.2, 0) is 5.41 Å². The second kappa shape index (κ2) is 7.22. The summed E-state index contributed by atoms with van der Waals surface area (Å²) in [5.74, 6) is 1.12. The zero-order chi connectivity index (χ0) is 19.8. The summed E-state index contributed by atoms with van der Waals surface area (Å²) in [7, 11) is -1.52. The fraction of sp³-hybridized carbons (Fsp3) is 0.200. The van der Waals surface area contributed by atoms with Crippen molar-refractivity contribution in [1.29, 1.82) is 0 Å². The number of hydrogen-bond donors (Lipinski definition) is 2. The first-order valence-electron chi connectivity index (χ1n) is 10.1. The van der Waals surface area contributed by atoms with Crippen molar-refractivity contribution in [2.75, 3.05) is 0 Å². The summed E-state index contributed by atoms with van der Waals surface area (Å²) >= 11 is 0. The van der Waals surface area contributed by atoms with Gasteiger partial charge in [0.1, 0.15) is 11.9 Å². The van der Waals surface area contributed by atoms with Crippen molar-refractivity contribution in [3.05, 3.63) is 108 Å².